The van der Waals surface area contributed by atoms with Crippen LogP contribution in [0.1, 0.15) is 38.3 Å². The molecule has 1 aromatic heterocycles. The summed E-state index contributed by atoms with van der Waals surface area (Å²) in [4.78, 5) is 7.11. The van der Waals surface area contributed by atoms with E-state index < -0.39 is 0 Å². The van der Waals surface area contributed by atoms with Crippen LogP contribution in [0.4, 0.5) is 5.13 Å². The number of hydrogen-bond donors (Lipinski definition) is 1. The first kappa shape index (κ1) is 13.4. The van der Waals surface area contributed by atoms with Crippen molar-refractivity contribution in [3.63, 3.8) is 0 Å². The van der Waals surface area contributed by atoms with E-state index in [4.69, 9.17) is 4.98 Å². The van der Waals surface area contributed by atoms with E-state index >= 15 is 0 Å². The van der Waals surface area contributed by atoms with Crippen molar-refractivity contribution in [3.05, 3.63) is 11.1 Å². The van der Waals surface area contributed by atoms with Crippen molar-refractivity contribution in [1.82, 2.24) is 10.3 Å². The molecule has 2 bridgehead atoms. The highest BCUT2D eigenvalue weighted by molar-refractivity contribution is 7.13. The Balaban J connectivity index is 1.55. The standard InChI is InChI=1S/C15H25N3S/c1-3-16-8-14-10-19-15(17-14)18(2)9-13-7-11-4-5-12(13)6-11/h10-13,16H,3-9H2,1-2H3. The van der Waals surface area contributed by atoms with Crippen LogP contribution >= 0.6 is 11.3 Å². The number of aromatic nitrogens is 1. The van der Waals surface area contributed by atoms with E-state index in [-0.39, 0.29) is 0 Å². The van der Waals surface area contributed by atoms with Gasteiger partial charge in [-0.05, 0) is 43.6 Å². The molecule has 3 rings (SSSR count). The third-order valence-corrected chi connectivity index (χ3v) is 5.82. The van der Waals surface area contributed by atoms with E-state index in [1.165, 1.54) is 43.1 Å². The van der Waals surface area contributed by atoms with Gasteiger partial charge in [-0.25, -0.2) is 4.98 Å². The lowest BCUT2D eigenvalue weighted by molar-refractivity contribution is 0.337. The van der Waals surface area contributed by atoms with Gasteiger partial charge in [0.25, 0.3) is 0 Å². The Hall–Kier alpha value is -0.610. The molecule has 2 saturated carbocycles. The molecule has 1 heterocycles. The molecular weight excluding hydrogens is 254 g/mol. The number of hydrogen-bond acceptors (Lipinski definition) is 4. The molecule has 1 N–H and O–H groups in total. The maximum absolute atomic E-state index is 4.73. The summed E-state index contributed by atoms with van der Waals surface area (Å²) in [5, 5.41) is 6.72. The van der Waals surface area contributed by atoms with E-state index in [1.54, 1.807) is 11.3 Å². The summed E-state index contributed by atoms with van der Waals surface area (Å²) >= 11 is 1.79. The number of fused-ring (bicyclic) bond motifs is 2. The predicted molar refractivity (Wildman–Crippen MR) is 81.7 cm³/mol. The lowest BCUT2D eigenvalue weighted by Gasteiger charge is -2.26. The number of anilines is 1. The summed E-state index contributed by atoms with van der Waals surface area (Å²) in [5.41, 5.74) is 1.18. The van der Waals surface area contributed by atoms with E-state index in [0.29, 0.717) is 0 Å². The SMILES string of the molecule is CCNCc1csc(N(C)CC2CC3CCC2C3)n1. The monoisotopic (exact) mass is 279 g/mol. The molecule has 19 heavy (non-hydrogen) atoms. The molecule has 3 unspecified atom stereocenters. The quantitative estimate of drug-likeness (QED) is 0.867. The van der Waals surface area contributed by atoms with Crippen LogP contribution in [0, 0.1) is 17.8 Å². The summed E-state index contributed by atoms with van der Waals surface area (Å²) in [6, 6.07) is 0. The fourth-order valence-corrected chi connectivity index (χ4v) is 4.64. The number of nitrogens with zero attached hydrogens (tertiary/aromatic N) is 2. The molecule has 0 saturated heterocycles. The first-order valence-electron chi connectivity index (χ1n) is 7.62. The number of nitrogens with one attached hydrogen (secondary N) is 1. The molecule has 3 nitrogen and oxygen atoms in total. The average Bonchev–Trinajstić information content (AvgIpc) is 3.12. The average molecular weight is 279 g/mol. The highest BCUT2D eigenvalue weighted by atomic mass is 32.1. The van der Waals surface area contributed by atoms with Gasteiger partial charge in [0.2, 0.25) is 0 Å². The van der Waals surface area contributed by atoms with Crippen LogP contribution in [0.3, 0.4) is 0 Å². The Morgan fingerprint density at radius 2 is 2.32 bits per heavy atom. The first-order chi connectivity index (χ1) is 9.26. The van der Waals surface area contributed by atoms with Crippen molar-refractivity contribution in [2.24, 2.45) is 17.8 Å². The van der Waals surface area contributed by atoms with Crippen LogP contribution in [-0.4, -0.2) is 25.1 Å². The molecule has 0 aromatic carbocycles. The second kappa shape index (κ2) is 5.80. The Kier molecular flexibility index (Phi) is 4.08. The van der Waals surface area contributed by atoms with E-state index in [0.717, 1.165) is 30.8 Å². The topological polar surface area (TPSA) is 28.2 Å². The van der Waals surface area contributed by atoms with E-state index in [1.807, 2.05) is 0 Å². The highest BCUT2D eigenvalue weighted by Gasteiger charge is 2.39. The van der Waals surface area contributed by atoms with Gasteiger partial charge in [0.1, 0.15) is 0 Å². The van der Waals surface area contributed by atoms with Gasteiger partial charge in [-0.15, -0.1) is 11.3 Å². The molecule has 0 radical (unpaired) electrons. The van der Waals surface area contributed by atoms with Crippen molar-refractivity contribution in [2.45, 2.75) is 39.2 Å². The second-order valence-corrected chi connectivity index (χ2v) is 7.05. The van der Waals surface area contributed by atoms with Crippen LogP contribution in [-0.2, 0) is 6.54 Å². The maximum Gasteiger partial charge on any atom is 0.185 e. The van der Waals surface area contributed by atoms with Crippen LogP contribution in [0.15, 0.2) is 5.38 Å². The summed E-state index contributed by atoms with van der Waals surface area (Å²) in [6.07, 6.45) is 5.94. The van der Waals surface area contributed by atoms with Gasteiger partial charge in [-0.3, -0.25) is 0 Å². The van der Waals surface area contributed by atoms with Gasteiger partial charge >= 0.3 is 0 Å². The van der Waals surface area contributed by atoms with Crippen LogP contribution in [0.25, 0.3) is 0 Å². The minimum absolute atomic E-state index is 0.898. The predicted octanol–water partition coefficient (Wildman–Crippen LogP) is 3.13. The van der Waals surface area contributed by atoms with Gasteiger partial charge in [0.05, 0.1) is 5.69 Å². The Morgan fingerprint density at radius 3 is 3.00 bits per heavy atom. The molecule has 2 aliphatic rings. The van der Waals surface area contributed by atoms with E-state index in [9.17, 15) is 0 Å². The molecule has 0 aliphatic heterocycles. The largest absolute Gasteiger partial charge is 0.351 e. The van der Waals surface area contributed by atoms with Gasteiger partial charge in [-0.2, -0.15) is 0 Å². The minimum Gasteiger partial charge on any atom is -0.351 e. The summed E-state index contributed by atoms with van der Waals surface area (Å²) in [6.45, 7) is 5.24. The zero-order chi connectivity index (χ0) is 13.2. The van der Waals surface area contributed by atoms with Crippen molar-refractivity contribution < 1.29 is 0 Å². The lowest BCUT2D eigenvalue weighted by Crippen LogP contribution is -2.28. The van der Waals surface area contributed by atoms with Crippen LogP contribution < -0.4 is 10.2 Å². The maximum atomic E-state index is 4.73. The third kappa shape index (κ3) is 2.95. The molecule has 106 valence electrons. The summed E-state index contributed by atoms with van der Waals surface area (Å²) in [5.74, 6) is 2.97. The molecule has 1 aromatic rings. The van der Waals surface area contributed by atoms with Crippen molar-refractivity contribution in [2.75, 3.05) is 25.0 Å². The van der Waals surface area contributed by atoms with Crippen LogP contribution in [0.2, 0.25) is 0 Å². The van der Waals surface area contributed by atoms with Crippen molar-refractivity contribution in [3.8, 4) is 0 Å². The number of thiazole rings is 1. The molecule has 2 aliphatic carbocycles. The smallest absolute Gasteiger partial charge is 0.185 e. The Morgan fingerprint density at radius 1 is 1.42 bits per heavy atom. The molecule has 4 heteroatoms. The minimum atomic E-state index is 0.898. The molecule has 2 fully saturated rings. The zero-order valence-corrected chi connectivity index (χ0v) is 12.9. The third-order valence-electron chi connectivity index (χ3n) is 4.82. The summed E-state index contributed by atoms with van der Waals surface area (Å²) in [7, 11) is 2.21. The fraction of sp³-hybridized carbons (Fsp3) is 0.800. The van der Waals surface area contributed by atoms with Crippen LogP contribution in [0.5, 0.6) is 0 Å². The second-order valence-electron chi connectivity index (χ2n) is 6.22. The van der Waals surface area contributed by atoms with Gasteiger partial charge in [-0.1, -0.05) is 13.3 Å². The van der Waals surface area contributed by atoms with Gasteiger partial charge in [0.15, 0.2) is 5.13 Å². The summed E-state index contributed by atoms with van der Waals surface area (Å²) < 4.78 is 0. The van der Waals surface area contributed by atoms with Crippen molar-refractivity contribution >= 4 is 16.5 Å². The Bertz CT molecular complexity index is 417. The fourth-order valence-electron chi connectivity index (χ4n) is 3.84. The zero-order valence-electron chi connectivity index (χ0n) is 12.1. The van der Waals surface area contributed by atoms with Gasteiger partial charge in [0, 0.05) is 25.5 Å². The highest BCUT2D eigenvalue weighted by Crippen LogP contribution is 2.48. The number of rotatable bonds is 6. The van der Waals surface area contributed by atoms with Gasteiger partial charge < -0.3 is 10.2 Å². The van der Waals surface area contributed by atoms with Crippen molar-refractivity contribution in [1.29, 1.82) is 0 Å². The Labute approximate surface area is 120 Å². The van der Waals surface area contributed by atoms with E-state index in [2.05, 4.69) is 29.6 Å². The molecular formula is C15H25N3S. The lowest BCUT2D eigenvalue weighted by atomic mass is 9.88. The molecule has 0 amide bonds. The molecule has 0 spiro atoms. The molecule has 3 atom stereocenters. The first-order valence-corrected chi connectivity index (χ1v) is 8.50. The normalized spacial score (nSPS) is 29.1.